The van der Waals surface area contributed by atoms with Crippen LogP contribution in [0.25, 0.3) is 55.7 Å². The lowest BCUT2D eigenvalue weighted by atomic mass is 9.76. The minimum Gasteiger partial charge on any atom is -0.455 e. The van der Waals surface area contributed by atoms with Gasteiger partial charge in [-0.1, -0.05) is 38.1 Å². The minimum absolute atomic E-state index is 0.0237. The van der Waals surface area contributed by atoms with Crippen molar-refractivity contribution in [1.29, 1.82) is 0 Å². The van der Waals surface area contributed by atoms with E-state index >= 15 is 0 Å². The Balaban J connectivity index is 0.000000162. The highest BCUT2D eigenvalue weighted by Crippen LogP contribution is 2.44. The number of rotatable bonds is 16. The summed E-state index contributed by atoms with van der Waals surface area (Å²) >= 11 is 3.34. The predicted octanol–water partition coefficient (Wildman–Crippen LogP) is 14.3. The van der Waals surface area contributed by atoms with Crippen LogP contribution in [0.15, 0.2) is 159 Å². The molecule has 0 radical (unpaired) electrons. The van der Waals surface area contributed by atoms with Gasteiger partial charge in [-0.3, -0.25) is 37.8 Å². The first-order valence-corrected chi connectivity index (χ1v) is 36.5. The molecule has 100 heavy (non-hydrogen) atoms. The number of sulfonamides is 2. The van der Waals surface area contributed by atoms with Gasteiger partial charge in [0.1, 0.15) is 46.0 Å². The van der Waals surface area contributed by atoms with E-state index in [0.717, 1.165) is 48.8 Å². The Morgan fingerprint density at radius 1 is 0.540 bits per heavy atom. The van der Waals surface area contributed by atoms with Crippen molar-refractivity contribution in [2.24, 2.45) is 0 Å². The number of ketones is 2. The van der Waals surface area contributed by atoms with Crippen molar-refractivity contribution in [3.63, 3.8) is 0 Å². The van der Waals surface area contributed by atoms with E-state index in [-0.39, 0.29) is 64.9 Å². The fourth-order valence-corrected chi connectivity index (χ4v) is 13.3. The van der Waals surface area contributed by atoms with Gasteiger partial charge in [0.2, 0.25) is 20.0 Å². The number of nitrogens with zero attached hydrogens (tertiary/aromatic N) is 6. The molecule has 0 atom stereocenters. The molecule has 18 nitrogen and oxygen atoms in total. The van der Waals surface area contributed by atoms with Crippen LogP contribution in [-0.4, -0.2) is 118 Å². The van der Waals surface area contributed by atoms with Gasteiger partial charge in [0.15, 0.2) is 11.6 Å². The van der Waals surface area contributed by atoms with Crippen LogP contribution >= 0.6 is 15.9 Å². The minimum atomic E-state index is -3.75. The van der Waals surface area contributed by atoms with Gasteiger partial charge in [-0.15, -0.1) is 0 Å². The third-order valence-corrected chi connectivity index (χ3v) is 21.1. The third-order valence-electron chi connectivity index (χ3n) is 18.3. The predicted molar refractivity (Wildman–Crippen MR) is 380 cm³/mol. The molecule has 0 aliphatic carbocycles. The maximum absolute atomic E-state index is 13.7. The van der Waals surface area contributed by atoms with Gasteiger partial charge in [0.25, 0.3) is 11.8 Å². The number of carbonyl (C=O) groups is 4. The number of hydrogen-bond acceptors (Lipinski definition) is 14. The number of hydrogen-bond donors (Lipinski definition) is 0. The van der Waals surface area contributed by atoms with Crippen molar-refractivity contribution < 1.29 is 71.7 Å². The highest BCUT2D eigenvalue weighted by molar-refractivity contribution is 9.10. The quantitative estimate of drug-likeness (QED) is 0.0499. The number of Topliss-reactive ketones (excluding diaryl/α,β-unsaturated/α-hetero) is 2. The molecule has 0 N–H and O–H groups in total. The zero-order valence-electron chi connectivity index (χ0n) is 56.4. The van der Waals surface area contributed by atoms with E-state index in [2.05, 4.69) is 25.9 Å². The van der Waals surface area contributed by atoms with Crippen molar-refractivity contribution in [3.05, 3.63) is 218 Å². The van der Waals surface area contributed by atoms with Gasteiger partial charge < -0.3 is 27.9 Å². The molecule has 3 aliphatic heterocycles. The van der Waals surface area contributed by atoms with Gasteiger partial charge in [0, 0.05) is 133 Å². The number of carbonyl (C=O) groups excluding carboxylic acids is 4. The lowest BCUT2D eigenvalue weighted by Gasteiger charge is -2.32. The zero-order chi connectivity index (χ0) is 72.1. The molecule has 7 heterocycles. The molecule has 6 aromatic carbocycles. The number of amides is 2. The first-order chi connectivity index (χ1) is 47.2. The second-order valence-electron chi connectivity index (χ2n) is 25.6. The normalized spacial score (nSPS) is 14.8. The lowest BCUT2D eigenvalue weighted by molar-refractivity contribution is 0.00578. The van der Waals surface area contributed by atoms with Crippen LogP contribution < -0.4 is 14.1 Å². The molecule has 0 unspecified atom stereocenters. The van der Waals surface area contributed by atoms with Gasteiger partial charge in [-0.25, -0.2) is 34.4 Å². The smallest absolute Gasteiger partial charge is 0.455 e. The Kier molecular flexibility index (Phi) is 20.4. The van der Waals surface area contributed by atoms with E-state index in [1.165, 1.54) is 86.9 Å². The average Bonchev–Trinajstić information content (AvgIpc) is 1.56. The Bertz CT molecular complexity index is 5080. The fraction of sp³-hybridized carbons (Fsp3) is 0.270. The Hall–Kier alpha value is -9.34. The fourth-order valence-electron chi connectivity index (χ4n) is 11.9. The van der Waals surface area contributed by atoms with Gasteiger partial charge in [-0.2, -0.15) is 0 Å². The number of aromatic nitrogens is 2. The van der Waals surface area contributed by atoms with Crippen molar-refractivity contribution in [2.45, 2.75) is 91.5 Å². The van der Waals surface area contributed by atoms with Crippen molar-refractivity contribution in [2.75, 3.05) is 48.3 Å². The van der Waals surface area contributed by atoms with Crippen molar-refractivity contribution >= 4 is 105 Å². The standard InChI is InChI=1S/C34H29F2N3O5S.C25H29BFNO6S.C15H12BrFN2O/c1-4-30(40)32-27-16-25(29(38(2)45(3,42)43)17-31(27)44-33(32)21-7-11-24(36)12-8-21)22-15-26-28(37-18-22)13-14-39(34(26)41)19-20-5-9-23(35)10-6-20;1-8-20(29)22-17-13-18(26-33-24(2,3)25(4,5)34-26)19(28(6)35(7,30)31)14-21(17)32-23(22)15-9-11-16(27)12-10-15;16-11-7-13-14(18-8-11)5-6-19(15(13)20)9-10-1-3-12(17)4-2-10/h5-12,15-18H,4,13-14,19H2,1-3H3;9-14H,8H2,1-7H3;1-4,7-8H,5-6,9H2. The van der Waals surface area contributed by atoms with Gasteiger partial charge >= 0.3 is 7.12 Å². The van der Waals surface area contributed by atoms with Crippen molar-refractivity contribution in [3.8, 4) is 33.8 Å². The number of fused-ring (bicyclic) bond motifs is 4. The van der Waals surface area contributed by atoms with E-state index in [1.54, 1.807) is 90.6 Å². The second kappa shape index (κ2) is 28.4. The summed E-state index contributed by atoms with van der Waals surface area (Å²) in [4.78, 5) is 64.7. The number of anilines is 2. The summed E-state index contributed by atoms with van der Waals surface area (Å²) in [7, 11) is -5.43. The largest absolute Gasteiger partial charge is 0.497 e. The summed E-state index contributed by atoms with van der Waals surface area (Å²) in [5.41, 5.74) is 7.04. The van der Waals surface area contributed by atoms with Crippen LogP contribution in [-0.2, 0) is 55.3 Å². The molecule has 13 rings (SSSR count). The molecular weight excluding hydrogens is 1400 g/mol. The Morgan fingerprint density at radius 3 is 1.36 bits per heavy atom. The molecular formula is C74H70BBrF4N6O12S2. The molecule has 518 valence electrons. The van der Waals surface area contributed by atoms with Crippen LogP contribution in [0, 0.1) is 23.3 Å². The SMILES string of the molecule is CCC(=O)c1c(-c2ccc(F)cc2)oc2cc(N(C)S(C)(=O)=O)c(-c3cnc4c(c3)C(=O)N(Cc3ccc(F)cc3)CC4)cc12.CCC(=O)c1c(-c2ccc(F)cc2)oc2cc(N(C)S(C)(=O)=O)c(B3OC(C)(C)C(C)(C)O3)cc12.O=C1c2cc(Br)cnc2CCN1Cc1ccc(F)cc1. The van der Waals surface area contributed by atoms with E-state index in [4.69, 9.17) is 18.1 Å². The first-order valence-electron chi connectivity index (χ1n) is 32.0. The van der Waals surface area contributed by atoms with E-state index in [0.29, 0.717) is 116 Å². The van der Waals surface area contributed by atoms with Crippen LogP contribution in [0.5, 0.6) is 0 Å². The maximum Gasteiger partial charge on any atom is 0.497 e. The topological polar surface area (TPSA) is 220 Å². The number of pyridine rings is 2. The summed E-state index contributed by atoms with van der Waals surface area (Å²) < 4.78 is 132. The monoisotopic (exact) mass is 1460 g/mol. The van der Waals surface area contributed by atoms with E-state index in [9.17, 15) is 53.6 Å². The molecule has 10 aromatic rings. The Morgan fingerprint density at radius 2 is 0.930 bits per heavy atom. The van der Waals surface area contributed by atoms with Crippen LogP contribution in [0.1, 0.15) is 118 Å². The van der Waals surface area contributed by atoms with E-state index < -0.39 is 50.0 Å². The number of halogens is 5. The maximum atomic E-state index is 13.7. The van der Waals surface area contributed by atoms with Crippen LogP contribution in [0.3, 0.4) is 0 Å². The number of furan rings is 2. The second-order valence-corrected chi connectivity index (χ2v) is 30.5. The molecule has 0 bridgehead atoms. The van der Waals surface area contributed by atoms with Gasteiger partial charge in [-0.05, 0) is 152 Å². The van der Waals surface area contributed by atoms with Crippen LogP contribution in [0.4, 0.5) is 28.9 Å². The molecule has 4 aromatic heterocycles. The lowest BCUT2D eigenvalue weighted by Crippen LogP contribution is -2.41. The third kappa shape index (κ3) is 14.9. The first kappa shape index (κ1) is 71.9. The summed E-state index contributed by atoms with van der Waals surface area (Å²) in [5, 5.41) is 0.954. The summed E-state index contributed by atoms with van der Waals surface area (Å²) in [6.45, 7) is 12.9. The molecule has 0 spiro atoms. The average molecular weight is 1470 g/mol. The highest BCUT2D eigenvalue weighted by atomic mass is 79.9. The molecule has 26 heteroatoms. The molecule has 1 saturated heterocycles. The van der Waals surface area contributed by atoms with E-state index in [1.807, 2.05) is 33.8 Å². The van der Waals surface area contributed by atoms with Gasteiger partial charge in [0.05, 0.1) is 68.7 Å². The molecule has 0 saturated carbocycles. The summed E-state index contributed by atoms with van der Waals surface area (Å²) in [5.74, 6) is -1.58. The molecule has 3 aliphatic rings. The van der Waals surface area contributed by atoms with Crippen LogP contribution in [0.2, 0.25) is 0 Å². The van der Waals surface area contributed by atoms with Crippen molar-refractivity contribution in [1.82, 2.24) is 19.8 Å². The number of benzene rings is 6. The molecule has 2 amide bonds. The molecule has 1 fully saturated rings. The Labute approximate surface area is 585 Å². The summed E-state index contributed by atoms with van der Waals surface area (Å²) in [6.07, 6.45) is 7.11. The zero-order valence-corrected chi connectivity index (χ0v) is 59.6. The summed E-state index contributed by atoms with van der Waals surface area (Å²) in [6, 6.07) is 33.4. The highest BCUT2D eigenvalue weighted by Gasteiger charge is 2.53.